The summed E-state index contributed by atoms with van der Waals surface area (Å²) >= 11 is 0. The first-order valence-corrected chi connectivity index (χ1v) is 11.2. The van der Waals surface area contributed by atoms with Crippen LogP contribution in [0.15, 0.2) is 72.8 Å². The topological polar surface area (TPSA) is 62.3 Å². The molecule has 1 N–H and O–H groups in total. The molecule has 3 aromatic rings. The third-order valence-electron chi connectivity index (χ3n) is 6.04. The number of nitrogens with one attached hydrogen (secondary N) is 1. The SMILES string of the molecule is CC(C)(NC(=O)c1ccccc1)C(=O)N1CCCC(c2cccc(-c3ccccc3F)n2)C1. The molecule has 2 heterocycles. The van der Waals surface area contributed by atoms with Gasteiger partial charge in [-0.25, -0.2) is 4.39 Å². The lowest BCUT2D eigenvalue weighted by Crippen LogP contribution is -2.57. The van der Waals surface area contributed by atoms with Crippen LogP contribution in [0.5, 0.6) is 0 Å². The molecule has 1 aliphatic rings. The molecule has 0 saturated carbocycles. The first kappa shape index (κ1) is 22.6. The molecule has 1 saturated heterocycles. The monoisotopic (exact) mass is 445 g/mol. The fourth-order valence-corrected chi connectivity index (χ4v) is 4.30. The van der Waals surface area contributed by atoms with Crippen LogP contribution < -0.4 is 5.32 Å². The minimum Gasteiger partial charge on any atom is -0.340 e. The Morgan fingerprint density at radius 3 is 2.48 bits per heavy atom. The molecular formula is C27H28FN3O2. The molecule has 33 heavy (non-hydrogen) atoms. The van der Waals surface area contributed by atoms with Gasteiger partial charge >= 0.3 is 0 Å². The van der Waals surface area contributed by atoms with Crippen LogP contribution in [-0.4, -0.2) is 40.3 Å². The van der Waals surface area contributed by atoms with Crippen LogP contribution in [0.3, 0.4) is 0 Å². The highest BCUT2D eigenvalue weighted by molar-refractivity contribution is 5.98. The molecule has 0 spiro atoms. The molecule has 1 atom stereocenters. The number of carbonyl (C=O) groups is 2. The van der Waals surface area contributed by atoms with E-state index in [4.69, 9.17) is 4.98 Å². The van der Waals surface area contributed by atoms with Crippen molar-refractivity contribution in [3.05, 3.63) is 89.9 Å². The average Bonchev–Trinajstić information content (AvgIpc) is 2.84. The van der Waals surface area contributed by atoms with Crippen molar-refractivity contribution in [2.45, 2.75) is 38.1 Å². The van der Waals surface area contributed by atoms with Crippen molar-refractivity contribution in [2.24, 2.45) is 0 Å². The number of hydrogen-bond donors (Lipinski definition) is 1. The molecule has 1 unspecified atom stereocenters. The predicted molar refractivity (Wildman–Crippen MR) is 126 cm³/mol. The minimum atomic E-state index is -1.04. The predicted octanol–water partition coefficient (Wildman–Crippen LogP) is 4.80. The van der Waals surface area contributed by atoms with Gasteiger partial charge in [0.25, 0.3) is 5.91 Å². The number of pyridine rings is 1. The van der Waals surface area contributed by atoms with E-state index in [-0.39, 0.29) is 23.5 Å². The van der Waals surface area contributed by atoms with Gasteiger partial charge in [-0.05, 0) is 63.1 Å². The van der Waals surface area contributed by atoms with Crippen molar-refractivity contribution >= 4 is 11.8 Å². The quantitative estimate of drug-likeness (QED) is 0.614. The first-order chi connectivity index (χ1) is 15.8. The van der Waals surface area contributed by atoms with Crippen molar-refractivity contribution < 1.29 is 14.0 Å². The molecule has 0 radical (unpaired) electrons. The Morgan fingerprint density at radius 1 is 1.00 bits per heavy atom. The highest BCUT2D eigenvalue weighted by Crippen LogP contribution is 2.29. The summed E-state index contributed by atoms with van der Waals surface area (Å²) in [5.41, 5.74) is 1.37. The zero-order valence-electron chi connectivity index (χ0n) is 18.9. The zero-order valence-corrected chi connectivity index (χ0v) is 18.9. The molecule has 2 amide bonds. The van der Waals surface area contributed by atoms with Crippen LogP contribution in [0.25, 0.3) is 11.3 Å². The Morgan fingerprint density at radius 2 is 1.73 bits per heavy atom. The van der Waals surface area contributed by atoms with Crippen LogP contribution in [0.1, 0.15) is 48.7 Å². The maximum Gasteiger partial charge on any atom is 0.252 e. The molecular weight excluding hydrogens is 417 g/mol. The Kier molecular flexibility index (Phi) is 6.54. The summed E-state index contributed by atoms with van der Waals surface area (Å²) in [5, 5.41) is 2.87. The molecule has 1 aliphatic heterocycles. The van der Waals surface area contributed by atoms with Crippen LogP contribution in [0.4, 0.5) is 4.39 Å². The van der Waals surface area contributed by atoms with E-state index < -0.39 is 5.54 Å². The summed E-state index contributed by atoms with van der Waals surface area (Å²) in [7, 11) is 0. The second-order valence-corrected chi connectivity index (χ2v) is 8.96. The molecule has 2 aromatic carbocycles. The summed E-state index contributed by atoms with van der Waals surface area (Å²) in [6.45, 7) is 4.61. The maximum absolute atomic E-state index is 14.2. The van der Waals surface area contributed by atoms with E-state index in [0.717, 1.165) is 18.5 Å². The third kappa shape index (κ3) is 5.11. The van der Waals surface area contributed by atoms with Gasteiger partial charge in [0.2, 0.25) is 5.91 Å². The minimum absolute atomic E-state index is 0.0510. The summed E-state index contributed by atoms with van der Waals surface area (Å²) in [4.78, 5) is 32.5. The van der Waals surface area contributed by atoms with Gasteiger partial charge in [0.05, 0.1) is 5.69 Å². The summed E-state index contributed by atoms with van der Waals surface area (Å²) in [5.74, 6) is -0.656. The number of likely N-dealkylation sites (tertiary alicyclic amines) is 1. The molecule has 4 rings (SSSR count). The Labute approximate surface area is 193 Å². The maximum atomic E-state index is 14.2. The second-order valence-electron chi connectivity index (χ2n) is 8.96. The highest BCUT2D eigenvalue weighted by atomic mass is 19.1. The van der Waals surface area contributed by atoms with Gasteiger partial charge in [-0.1, -0.05) is 36.4 Å². The van der Waals surface area contributed by atoms with Crippen LogP contribution in [0.2, 0.25) is 0 Å². The molecule has 6 heteroatoms. The molecule has 1 fully saturated rings. The van der Waals surface area contributed by atoms with E-state index in [1.54, 1.807) is 67.3 Å². The Balaban J connectivity index is 1.48. The van der Waals surface area contributed by atoms with Gasteiger partial charge < -0.3 is 10.2 Å². The van der Waals surface area contributed by atoms with Gasteiger partial charge in [-0.3, -0.25) is 14.6 Å². The van der Waals surface area contributed by atoms with Crippen molar-refractivity contribution in [1.29, 1.82) is 0 Å². The molecule has 170 valence electrons. The van der Waals surface area contributed by atoms with Gasteiger partial charge in [0.1, 0.15) is 11.4 Å². The first-order valence-electron chi connectivity index (χ1n) is 11.2. The smallest absolute Gasteiger partial charge is 0.252 e. The van der Waals surface area contributed by atoms with E-state index in [0.29, 0.717) is 29.9 Å². The van der Waals surface area contributed by atoms with Crippen molar-refractivity contribution in [3.63, 3.8) is 0 Å². The van der Waals surface area contributed by atoms with Crippen LogP contribution in [-0.2, 0) is 4.79 Å². The van der Waals surface area contributed by atoms with Crippen LogP contribution in [0, 0.1) is 5.82 Å². The lowest BCUT2D eigenvalue weighted by molar-refractivity contribution is -0.138. The number of nitrogens with zero attached hydrogens (tertiary/aromatic N) is 2. The van der Waals surface area contributed by atoms with E-state index in [1.807, 2.05) is 18.2 Å². The molecule has 5 nitrogen and oxygen atoms in total. The number of piperidine rings is 1. The molecule has 1 aromatic heterocycles. The Bertz CT molecular complexity index is 1150. The summed E-state index contributed by atoms with van der Waals surface area (Å²) in [6.07, 6.45) is 1.74. The van der Waals surface area contributed by atoms with E-state index in [2.05, 4.69) is 5.32 Å². The number of carbonyl (C=O) groups excluding carboxylic acids is 2. The summed E-state index contributed by atoms with van der Waals surface area (Å²) < 4.78 is 14.2. The van der Waals surface area contributed by atoms with Crippen molar-refractivity contribution in [2.75, 3.05) is 13.1 Å². The number of rotatable bonds is 5. The number of hydrogen-bond acceptors (Lipinski definition) is 3. The fraction of sp³-hybridized carbons (Fsp3) is 0.296. The number of amides is 2. The van der Waals surface area contributed by atoms with E-state index >= 15 is 0 Å². The van der Waals surface area contributed by atoms with E-state index in [9.17, 15) is 14.0 Å². The zero-order chi connectivity index (χ0) is 23.4. The third-order valence-corrected chi connectivity index (χ3v) is 6.04. The highest BCUT2D eigenvalue weighted by Gasteiger charge is 2.36. The van der Waals surface area contributed by atoms with Gasteiger partial charge in [-0.2, -0.15) is 0 Å². The normalized spacial score (nSPS) is 16.3. The largest absolute Gasteiger partial charge is 0.340 e. The fourth-order valence-electron chi connectivity index (χ4n) is 4.30. The lowest BCUT2D eigenvalue weighted by Gasteiger charge is -2.37. The molecule has 0 bridgehead atoms. The van der Waals surface area contributed by atoms with Crippen molar-refractivity contribution in [1.82, 2.24) is 15.2 Å². The van der Waals surface area contributed by atoms with E-state index in [1.165, 1.54) is 6.07 Å². The average molecular weight is 446 g/mol. The lowest BCUT2D eigenvalue weighted by atomic mass is 9.92. The summed E-state index contributed by atoms with van der Waals surface area (Å²) in [6, 6.07) is 21.1. The Hall–Kier alpha value is -3.54. The van der Waals surface area contributed by atoms with Gasteiger partial charge in [0.15, 0.2) is 0 Å². The van der Waals surface area contributed by atoms with Gasteiger partial charge in [0, 0.05) is 35.8 Å². The number of aromatic nitrogens is 1. The van der Waals surface area contributed by atoms with Crippen molar-refractivity contribution in [3.8, 4) is 11.3 Å². The molecule has 0 aliphatic carbocycles. The standard InChI is InChI=1S/C27H28FN3O2/c1-27(2,30-25(32)19-10-4-3-5-11-19)26(33)31-17-9-12-20(18-31)23-15-8-16-24(29-23)21-13-6-7-14-22(21)28/h3-8,10-11,13-16,20H,9,12,17-18H2,1-2H3,(H,30,32). The van der Waals surface area contributed by atoms with Gasteiger partial charge in [-0.15, -0.1) is 0 Å². The second kappa shape index (κ2) is 9.53. The van der Waals surface area contributed by atoms with Crippen LogP contribution >= 0.6 is 0 Å². The number of halogens is 1. The number of benzene rings is 2.